The fourth-order valence-corrected chi connectivity index (χ4v) is 5.32. The van der Waals surface area contributed by atoms with Crippen LogP contribution in [0.3, 0.4) is 0 Å². The van der Waals surface area contributed by atoms with Gasteiger partial charge in [-0.1, -0.05) is 41.1 Å². The van der Waals surface area contributed by atoms with Gasteiger partial charge in [-0.3, -0.25) is 9.69 Å². The molecule has 0 saturated carbocycles. The number of nitrogens with zero attached hydrogens (tertiary/aromatic N) is 2. The van der Waals surface area contributed by atoms with Crippen molar-refractivity contribution in [2.45, 2.75) is 25.9 Å². The molecule has 5 rings (SSSR count). The van der Waals surface area contributed by atoms with E-state index >= 15 is 0 Å². The first-order valence-electron chi connectivity index (χ1n) is 9.66. The topological polar surface area (TPSA) is 58.2 Å². The molecule has 4 aromatic rings. The molecular formula is C22H20ClN3O2S. The van der Waals surface area contributed by atoms with E-state index in [2.05, 4.69) is 4.98 Å². The van der Waals surface area contributed by atoms with Crippen molar-refractivity contribution in [1.82, 2.24) is 9.97 Å². The second-order valence-corrected chi connectivity index (χ2v) is 8.81. The summed E-state index contributed by atoms with van der Waals surface area (Å²) >= 11 is 7.73. The zero-order valence-corrected chi connectivity index (χ0v) is 17.5. The number of benzene rings is 2. The Morgan fingerprint density at radius 1 is 1.38 bits per heavy atom. The van der Waals surface area contributed by atoms with Crippen LogP contribution in [0.25, 0.3) is 21.1 Å². The smallest absolute Gasteiger partial charge is 0.262 e. The number of hydrogen-bond donors (Lipinski definition) is 1. The molecule has 1 aliphatic rings. The summed E-state index contributed by atoms with van der Waals surface area (Å²) in [6.07, 6.45) is 3.79. The summed E-state index contributed by atoms with van der Waals surface area (Å²) in [5.41, 5.74) is 3.48. The van der Waals surface area contributed by atoms with Crippen LogP contribution in [0.2, 0.25) is 5.02 Å². The van der Waals surface area contributed by atoms with Crippen molar-refractivity contribution in [2.24, 2.45) is 0 Å². The molecule has 2 aromatic carbocycles. The number of thiazole rings is 1. The number of H-pyrrole nitrogens is 1. The summed E-state index contributed by atoms with van der Waals surface area (Å²) in [5.74, 6) is -0.0687. The molecule has 0 aliphatic carbocycles. The van der Waals surface area contributed by atoms with Crippen molar-refractivity contribution < 1.29 is 9.53 Å². The number of ether oxygens (including phenoxy) is 1. The maximum absolute atomic E-state index is 13.6. The Bertz CT molecular complexity index is 1210. The number of carbonyl (C=O) groups is 1. The van der Waals surface area contributed by atoms with Gasteiger partial charge in [0.15, 0.2) is 5.13 Å². The Hall–Kier alpha value is -2.41. The van der Waals surface area contributed by atoms with Gasteiger partial charge in [0, 0.05) is 28.7 Å². The van der Waals surface area contributed by atoms with Crippen molar-refractivity contribution in [1.29, 1.82) is 0 Å². The highest BCUT2D eigenvalue weighted by Gasteiger charge is 2.28. The molecule has 0 spiro atoms. The minimum absolute atomic E-state index is 0.0286. The largest absolute Gasteiger partial charge is 0.376 e. The molecule has 29 heavy (non-hydrogen) atoms. The normalized spacial score (nSPS) is 16.7. The molecule has 2 aromatic heterocycles. The molecule has 1 amide bonds. The number of para-hydroxylation sites is 1. The molecule has 7 heteroatoms. The van der Waals surface area contributed by atoms with Crippen LogP contribution in [-0.4, -0.2) is 35.1 Å². The van der Waals surface area contributed by atoms with E-state index in [4.69, 9.17) is 21.3 Å². The van der Waals surface area contributed by atoms with Crippen molar-refractivity contribution in [3.05, 3.63) is 58.7 Å². The molecular weight excluding hydrogens is 406 g/mol. The predicted molar refractivity (Wildman–Crippen MR) is 118 cm³/mol. The highest BCUT2D eigenvalue weighted by atomic mass is 35.5. The molecule has 1 fully saturated rings. The van der Waals surface area contributed by atoms with E-state index in [9.17, 15) is 4.79 Å². The summed E-state index contributed by atoms with van der Waals surface area (Å²) in [6, 6.07) is 11.6. The van der Waals surface area contributed by atoms with Crippen LogP contribution in [0, 0.1) is 6.92 Å². The number of aromatic nitrogens is 2. The molecule has 1 unspecified atom stereocenters. The number of amides is 1. The van der Waals surface area contributed by atoms with Gasteiger partial charge in [0.1, 0.15) is 0 Å². The summed E-state index contributed by atoms with van der Waals surface area (Å²) in [6.45, 7) is 3.23. The van der Waals surface area contributed by atoms with Crippen LogP contribution in [-0.2, 0) is 4.74 Å². The molecule has 1 saturated heterocycles. The first-order chi connectivity index (χ1) is 14.1. The predicted octanol–water partition coefficient (Wildman–Crippen LogP) is 5.57. The number of aryl methyl sites for hydroxylation is 1. The molecule has 1 N–H and O–H groups in total. The maximum Gasteiger partial charge on any atom is 0.262 e. The van der Waals surface area contributed by atoms with Gasteiger partial charge < -0.3 is 9.72 Å². The molecule has 0 bridgehead atoms. The lowest BCUT2D eigenvalue weighted by Gasteiger charge is -2.22. The Morgan fingerprint density at radius 2 is 2.24 bits per heavy atom. The number of hydrogen-bond acceptors (Lipinski definition) is 4. The first-order valence-corrected chi connectivity index (χ1v) is 10.9. The van der Waals surface area contributed by atoms with Crippen LogP contribution >= 0.6 is 22.9 Å². The highest BCUT2D eigenvalue weighted by molar-refractivity contribution is 7.22. The van der Waals surface area contributed by atoms with Crippen LogP contribution in [0.5, 0.6) is 0 Å². The molecule has 1 atom stereocenters. The Labute approximate surface area is 177 Å². The van der Waals surface area contributed by atoms with Crippen LogP contribution < -0.4 is 4.90 Å². The van der Waals surface area contributed by atoms with Crippen molar-refractivity contribution in [3.8, 4) is 0 Å². The molecule has 0 radical (unpaired) electrons. The fraction of sp³-hybridized carbons (Fsp3) is 0.273. The van der Waals surface area contributed by atoms with E-state index in [0.717, 1.165) is 46.1 Å². The third-order valence-corrected chi connectivity index (χ3v) is 6.59. The maximum atomic E-state index is 13.6. The van der Waals surface area contributed by atoms with Gasteiger partial charge in [-0.2, -0.15) is 0 Å². The minimum Gasteiger partial charge on any atom is -0.376 e. The standard InChI is InChI=1S/C22H20ClN3O2S/c1-13-9-14(23)10-19-20(13)25-22(29-19)26(12-15-5-4-8-28-15)21(27)17-11-24-18-7-3-2-6-16(17)18/h2-3,6-7,9-11,15,24H,4-5,8,12H2,1H3. The van der Waals surface area contributed by atoms with Gasteiger partial charge >= 0.3 is 0 Å². The van der Waals surface area contributed by atoms with Crippen molar-refractivity contribution >= 4 is 55.1 Å². The number of carbonyl (C=O) groups excluding carboxylic acids is 1. The molecule has 1 aliphatic heterocycles. The number of rotatable bonds is 4. The van der Waals surface area contributed by atoms with E-state index in [1.54, 1.807) is 11.1 Å². The number of anilines is 1. The molecule has 148 valence electrons. The number of halogens is 1. The van der Waals surface area contributed by atoms with E-state index in [1.165, 1.54) is 11.3 Å². The average molecular weight is 426 g/mol. The van der Waals surface area contributed by atoms with Gasteiger partial charge in [-0.05, 0) is 43.5 Å². The van der Waals surface area contributed by atoms with E-state index in [0.29, 0.717) is 22.3 Å². The van der Waals surface area contributed by atoms with Crippen LogP contribution in [0.4, 0.5) is 5.13 Å². The summed E-state index contributed by atoms with van der Waals surface area (Å²) in [5, 5.41) is 2.27. The van der Waals surface area contributed by atoms with Gasteiger partial charge in [0.25, 0.3) is 5.91 Å². The summed E-state index contributed by atoms with van der Waals surface area (Å²) < 4.78 is 6.81. The monoisotopic (exact) mass is 425 g/mol. The Morgan fingerprint density at radius 3 is 3.07 bits per heavy atom. The third-order valence-electron chi connectivity index (χ3n) is 5.34. The summed E-state index contributed by atoms with van der Waals surface area (Å²) in [7, 11) is 0. The number of fused-ring (bicyclic) bond motifs is 2. The van der Waals surface area contributed by atoms with E-state index < -0.39 is 0 Å². The quantitative estimate of drug-likeness (QED) is 0.465. The van der Waals surface area contributed by atoms with Crippen LogP contribution in [0.1, 0.15) is 28.8 Å². The molecule has 3 heterocycles. The third kappa shape index (κ3) is 3.41. The SMILES string of the molecule is Cc1cc(Cl)cc2sc(N(CC3CCCO3)C(=O)c3c[nH]c4ccccc34)nc12. The van der Waals surface area contributed by atoms with Gasteiger partial charge in [0.05, 0.1) is 28.4 Å². The lowest BCUT2D eigenvalue weighted by Crippen LogP contribution is -2.37. The van der Waals surface area contributed by atoms with Crippen molar-refractivity contribution in [2.75, 3.05) is 18.1 Å². The number of nitrogens with one attached hydrogen (secondary N) is 1. The van der Waals surface area contributed by atoms with Crippen LogP contribution in [0.15, 0.2) is 42.6 Å². The van der Waals surface area contributed by atoms with E-state index in [1.807, 2.05) is 43.3 Å². The second kappa shape index (κ2) is 7.44. The summed E-state index contributed by atoms with van der Waals surface area (Å²) in [4.78, 5) is 23.4. The Kier molecular flexibility index (Phi) is 4.78. The zero-order valence-electron chi connectivity index (χ0n) is 15.9. The fourth-order valence-electron chi connectivity index (χ4n) is 3.89. The first kappa shape index (κ1) is 18.6. The lowest BCUT2D eigenvalue weighted by atomic mass is 10.1. The van der Waals surface area contributed by atoms with Gasteiger partial charge in [0.2, 0.25) is 0 Å². The average Bonchev–Trinajstić information content (AvgIpc) is 3.44. The van der Waals surface area contributed by atoms with Gasteiger partial charge in [-0.15, -0.1) is 0 Å². The molecule has 5 nitrogen and oxygen atoms in total. The lowest BCUT2D eigenvalue weighted by molar-refractivity contribution is 0.0919. The number of aromatic amines is 1. The van der Waals surface area contributed by atoms with Crippen molar-refractivity contribution in [3.63, 3.8) is 0 Å². The second-order valence-electron chi connectivity index (χ2n) is 7.36. The zero-order chi connectivity index (χ0) is 20.0. The van der Waals surface area contributed by atoms with Gasteiger partial charge in [-0.25, -0.2) is 4.98 Å². The minimum atomic E-state index is -0.0687. The van der Waals surface area contributed by atoms with E-state index in [-0.39, 0.29) is 12.0 Å². The highest BCUT2D eigenvalue weighted by Crippen LogP contribution is 2.35. The Balaban J connectivity index is 1.59.